The van der Waals surface area contributed by atoms with Crippen molar-refractivity contribution in [1.82, 2.24) is 15.3 Å². The molecule has 6 nitrogen and oxygen atoms in total. The van der Waals surface area contributed by atoms with Crippen molar-refractivity contribution in [2.45, 2.75) is 39.2 Å². The van der Waals surface area contributed by atoms with Gasteiger partial charge in [0.15, 0.2) is 0 Å². The fourth-order valence-corrected chi connectivity index (χ4v) is 2.32. The van der Waals surface area contributed by atoms with E-state index in [1.54, 1.807) is 6.92 Å². The minimum absolute atomic E-state index is 0. The maximum Gasteiger partial charge on any atom is 0.264 e. The molecule has 0 bridgehead atoms. The molecule has 1 atom stereocenters. The van der Waals surface area contributed by atoms with Crippen molar-refractivity contribution in [2.75, 3.05) is 6.54 Å². The number of aromatic amines is 1. The van der Waals surface area contributed by atoms with E-state index >= 15 is 0 Å². The molecule has 0 aliphatic heterocycles. The van der Waals surface area contributed by atoms with Crippen molar-refractivity contribution in [1.29, 1.82) is 0 Å². The van der Waals surface area contributed by atoms with Gasteiger partial charge in [0.2, 0.25) is 0 Å². The average molecular weight is 365 g/mol. The molecule has 1 amide bonds. The zero-order valence-electron chi connectivity index (χ0n) is 14.9. The van der Waals surface area contributed by atoms with Crippen molar-refractivity contribution in [3.8, 4) is 0 Å². The first-order valence-corrected chi connectivity index (χ1v) is 7.90. The molecule has 0 saturated heterocycles. The van der Waals surface area contributed by atoms with Gasteiger partial charge in [0.05, 0.1) is 5.69 Å². The highest BCUT2D eigenvalue weighted by atomic mass is 35.5. The first kappa shape index (κ1) is 20.9. The molecule has 1 aromatic carbocycles. The number of carbonyl (C=O) groups is 1. The van der Waals surface area contributed by atoms with E-state index in [4.69, 9.17) is 5.73 Å². The van der Waals surface area contributed by atoms with Gasteiger partial charge in [-0.2, -0.15) is 0 Å². The van der Waals surface area contributed by atoms with E-state index in [1.165, 1.54) is 0 Å². The van der Waals surface area contributed by atoms with Crippen LogP contribution in [0.5, 0.6) is 0 Å². The number of nitrogens with one attached hydrogen (secondary N) is 2. The second-order valence-electron chi connectivity index (χ2n) is 6.85. The van der Waals surface area contributed by atoms with Crippen LogP contribution in [0, 0.1) is 6.92 Å². The smallest absolute Gasteiger partial charge is 0.264 e. The number of aromatic nitrogens is 2. The van der Waals surface area contributed by atoms with Crippen LogP contribution < -0.4 is 16.6 Å². The van der Waals surface area contributed by atoms with Gasteiger partial charge < -0.3 is 16.0 Å². The second kappa shape index (κ2) is 8.27. The van der Waals surface area contributed by atoms with E-state index in [0.29, 0.717) is 11.5 Å². The third-order valence-corrected chi connectivity index (χ3v) is 3.75. The summed E-state index contributed by atoms with van der Waals surface area (Å²) in [4.78, 5) is 31.7. The van der Waals surface area contributed by atoms with Crippen LogP contribution in [0.3, 0.4) is 0 Å². The fourth-order valence-electron chi connectivity index (χ4n) is 2.32. The predicted molar refractivity (Wildman–Crippen MR) is 101 cm³/mol. The number of hydrogen-bond acceptors (Lipinski definition) is 4. The SMILES string of the molecule is Cc1nc(C(C)(C)C)[nH]c(=O)c1C(=O)NCC(N)c1ccccc1.Cl. The predicted octanol–water partition coefficient (Wildman–Crippen LogP) is 2.23. The summed E-state index contributed by atoms with van der Waals surface area (Å²) in [5.41, 5.74) is 6.70. The minimum Gasteiger partial charge on any atom is -0.350 e. The topological polar surface area (TPSA) is 101 Å². The van der Waals surface area contributed by atoms with E-state index in [1.807, 2.05) is 51.1 Å². The lowest BCUT2D eigenvalue weighted by Gasteiger charge is -2.18. The maximum atomic E-state index is 12.4. The van der Waals surface area contributed by atoms with E-state index in [9.17, 15) is 9.59 Å². The van der Waals surface area contributed by atoms with E-state index in [2.05, 4.69) is 15.3 Å². The Morgan fingerprint density at radius 1 is 1.28 bits per heavy atom. The first-order chi connectivity index (χ1) is 11.2. The number of benzene rings is 1. The molecule has 1 unspecified atom stereocenters. The van der Waals surface area contributed by atoms with Crippen LogP contribution >= 0.6 is 12.4 Å². The summed E-state index contributed by atoms with van der Waals surface area (Å²) in [6.07, 6.45) is 0. The number of amides is 1. The Morgan fingerprint density at radius 2 is 1.88 bits per heavy atom. The summed E-state index contributed by atoms with van der Waals surface area (Å²) in [6, 6.07) is 9.14. The third kappa shape index (κ3) is 5.14. The number of nitrogens with two attached hydrogens (primary N) is 1. The number of nitrogens with zero attached hydrogens (tertiary/aromatic N) is 1. The van der Waals surface area contributed by atoms with Gasteiger partial charge in [-0.25, -0.2) is 4.98 Å². The Morgan fingerprint density at radius 3 is 2.40 bits per heavy atom. The Labute approximate surface area is 153 Å². The summed E-state index contributed by atoms with van der Waals surface area (Å²) in [5, 5.41) is 2.71. The van der Waals surface area contributed by atoms with Crippen LogP contribution in [0.1, 0.15) is 54.3 Å². The van der Waals surface area contributed by atoms with Gasteiger partial charge in [0.1, 0.15) is 11.4 Å². The number of aryl methyl sites for hydroxylation is 1. The van der Waals surface area contributed by atoms with Gasteiger partial charge in [0.25, 0.3) is 11.5 Å². The summed E-state index contributed by atoms with van der Waals surface area (Å²) < 4.78 is 0. The number of carbonyl (C=O) groups excluding carboxylic acids is 1. The van der Waals surface area contributed by atoms with E-state index in [-0.39, 0.29) is 36.0 Å². The van der Waals surface area contributed by atoms with Crippen molar-refractivity contribution in [3.05, 3.63) is 63.3 Å². The standard InChI is InChI=1S/C18H24N4O2.ClH/c1-11-14(16(24)22-17(21-11)18(2,3)4)15(23)20-10-13(19)12-8-6-5-7-9-12;/h5-9,13H,10,19H2,1-4H3,(H,20,23)(H,21,22,24);1H. The molecule has 4 N–H and O–H groups in total. The summed E-state index contributed by atoms with van der Waals surface area (Å²) in [6.45, 7) is 7.75. The maximum absolute atomic E-state index is 12.4. The summed E-state index contributed by atoms with van der Waals surface area (Å²) >= 11 is 0. The lowest BCUT2D eigenvalue weighted by Crippen LogP contribution is -2.37. The van der Waals surface area contributed by atoms with Gasteiger partial charge in [-0.1, -0.05) is 51.1 Å². The first-order valence-electron chi connectivity index (χ1n) is 7.90. The molecule has 136 valence electrons. The Bertz CT molecular complexity index is 782. The molecule has 0 radical (unpaired) electrons. The highest BCUT2D eigenvalue weighted by molar-refractivity contribution is 5.94. The van der Waals surface area contributed by atoms with Gasteiger partial charge in [-0.3, -0.25) is 9.59 Å². The normalized spacial score (nSPS) is 12.2. The van der Waals surface area contributed by atoms with Crippen LogP contribution in [-0.4, -0.2) is 22.4 Å². The number of rotatable bonds is 4. The van der Waals surface area contributed by atoms with Gasteiger partial charge in [-0.15, -0.1) is 12.4 Å². The third-order valence-electron chi connectivity index (χ3n) is 3.75. The Kier molecular flexibility index (Phi) is 6.90. The molecule has 0 fully saturated rings. The highest BCUT2D eigenvalue weighted by Crippen LogP contribution is 2.17. The zero-order chi connectivity index (χ0) is 17.9. The minimum atomic E-state index is -0.465. The van der Waals surface area contributed by atoms with E-state index < -0.39 is 11.5 Å². The van der Waals surface area contributed by atoms with Crippen LogP contribution in [0.2, 0.25) is 0 Å². The molecule has 2 aromatic rings. The lowest BCUT2D eigenvalue weighted by atomic mass is 9.95. The molecule has 0 aliphatic carbocycles. The molecule has 0 spiro atoms. The van der Waals surface area contributed by atoms with Crippen molar-refractivity contribution in [3.63, 3.8) is 0 Å². The van der Waals surface area contributed by atoms with Crippen LogP contribution in [0.15, 0.2) is 35.1 Å². The molecule has 25 heavy (non-hydrogen) atoms. The summed E-state index contributed by atoms with van der Waals surface area (Å²) in [5.74, 6) is 0.0932. The molecule has 1 heterocycles. The largest absolute Gasteiger partial charge is 0.350 e. The Balaban J connectivity index is 0.00000312. The monoisotopic (exact) mass is 364 g/mol. The Hall–Kier alpha value is -2.18. The molecule has 2 rings (SSSR count). The zero-order valence-corrected chi connectivity index (χ0v) is 15.7. The van der Waals surface area contributed by atoms with Crippen molar-refractivity contribution in [2.24, 2.45) is 5.73 Å². The van der Waals surface area contributed by atoms with Crippen molar-refractivity contribution < 1.29 is 4.79 Å². The van der Waals surface area contributed by atoms with Crippen LogP contribution in [0.4, 0.5) is 0 Å². The number of hydrogen-bond donors (Lipinski definition) is 3. The van der Waals surface area contributed by atoms with Gasteiger partial charge >= 0.3 is 0 Å². The van der Waals surface area contributed by atoms with Crippen LogP contribution in [-0.2, 0) is 5.41 Å². The molecular formula is C18H25ClN4O2. The van der Waals surface area contributed by atoms with Gasteiger partial charge in [-0.05, 0) is 12.5 Å². The van der Waals surface area contributed by atoms with Crippen molar-refractivity contribution >= 4 is 18.3 Å². The quantitative estimate of drug-likeness (QED) is 0.774. The summed E-state index contributed by atoms with van der Waals surface area (Å²) in [7, 11) is 0. The molecular weight excluding hydrogens is 340 g/mol. The average Bonchev–Trinajstić information content (AvgIpc) is 2.51. The number of H-pyrrole nitrogens is 1. The van der Waals surface area contributed by atoms with Gasteiger partial charge in [0, 0.05) is 18.0 Å². The molecule has 0 aliphatic rings. The molecule has 1 aromatic heterocycles. The highest BCUT2D eigenvalue weighted by Gasteiger charge is 2.22. The molecule has 7 heteroatoms. The second-order valence-corrected chi connectivity index (χ2v) is 6.85. The van der Waals surface area contributed by atoms with E-state index in [0.717, 1.165) is 5.56 Å². The fraction of sp³-hybridized carbons (Fsp3) is 0.389. The lowest BCUT2D eigenvalue weighted by molar-refractivity contribution is 0.0948. The molecule has 0 saturated carbocycles. The van der Waals surface area contributed by atoms with Crippen LogP contribution in [0.25, 0.3) is 0 Å². The number of halogens is 1.